The van der Waals surface area contributed by atoms with Crippen molar-refractivity contribution in [2.45, 2.75) is 0 Å². The van der Waals surface area contributed by atoms with Crippen LogP contribution in [0.3, 0.4) is 0 Å². The molecule has 36 valence electrons. The van der Waals surface area contributed by atoms with Gasteiger partial charge in [-0.2, -0.15) is 0 Å². The second-order valence-electron chi connectivity index (χ2n) is 0.550. The Morgan fingerprint density at radius 3 is 2.50 bits per heavy atom. The van der Waals surface area contributed by atoms with Crippen LogP contribution in [-0.4, -0.2) is 4.89 Å². The maximum absolute atomic E-state index is 9.49. The molecule has 1 atom stereocenters. The molecule has 0 fully saturated rings. The molecule has 6 heavy (non-hydrogen) atoms. The van der Waals surface area contributed by atoms with Gasteiger partial charge in [-0.05, 0) is 0 Å². The summed E-state index contributed by atoms with van der Waals surface area (Å²) in [6, 6.07) is 0. The van der Waals surface area contributed by atoms with Gasteiger partial charge in [0, 0.05) is 0 Å². The van der Waals surface area contributed by atoms with Gasteiger partial charge in [-0.15, -0.1) is 0 Å². The predicted octanol–water partition coefficient (Wildman–Crippen LogP) is 0.528. The topological polar surface area (TPSA) is 46.5 Å². The van der Waals surface area contributed by atoms with Crippen molar-refractivity contribution < 1.29 is 14.0 Å². The van der Waals surface area contributed by atoms with Gasteiger partial charge in [0.25, 0.3) is 0 Å². The molecule has 0 aromatic heterocycles. The molecule has 0 aromatic rings. The van der Waals surface area contributed by atoms with E-state index in [2.05, 4.69) is 11.1 Å². The summed E-state index contributed by atoms with van der Waals surface area (Å²) in [5, 5.41) is 0. The van der Waals surface area contributed by atoms with Gasteiger partial charge in [0.05, 0.1) is 6.26 Å². The molecule has 0 saturated heterocycles. The molecule has 4 heteroatoms. The normalized spacial score (nSPS) is 12.8. The maximum Gasteiger partial charge on any atom is 0.364 e. The van der Waals surface area contributed by atoms with E-state index in [-0.39, 0.29) is 0 Å². The van der Waals surface area contributed by atoms with Crippen molar-refractivity contribution in [3.63, 3.8) is 0 Å². The smallest absolute Gasteiger partial charge is 0.364 e. The molecular weight excluding hydrogens is 103 g/mol. The predicted molar refractivity (Wildman–Crippen MR) is 22.5 cm³/mol. The summed E-state index contributed by atoms with van der Waals surface area (Å²) in [6.07, 6.45) is 0.932. The van der Waals surface area contributed by atoms with Gasteiger partial charge < -0.3 is 9.42 Å². The standard InChI is InChI=1S/C2H5O3P/c1-2-5-6(3)4/h2,6H,1H2,(H,3,4). The van der Waals surface area contributed by atoms with Crippen molar-refractivity contribution in [1.82, 2.24) is 0 Å². The quantitative estimate of drug-likeness (QED) is 0.414. The third kappa shape index (κ3) is 3.73. The van der Waals surface area contributed by atoms with Gasteiger partial charge in [0.15, 0.2) is 0 Å². The zero-order chi connectivity index (χ0) is 4.99. The van der Waals surface area contributed by atoms with Crippen molar-refractivity contribution in [3.8, 4) is 0 Å². The van der Waals surface area contributed by atoms with Crippen molar-refractivity contribution in [1.29, 1.82) is 0 Å². The summed E-state index contributed by atoms with van der Waals surface area (Å²) in [7, 11) is -2.75. The van der Waals surface area contributed by atoms with E-state index in [0.29, 0.717) is 0 Å². The fourth-order valence-corrected chi connectivity index (χ4v) is 0.214. The van der Waals surface area contributed by atoms with Crippen LogP contribution in [0.1, 0.15) is 0 Å². The van der Waals surface area contributed by atoms with E-state index in [1.807, 2.05) is 0 Å². The fourth-order valence-electron chi connectivity index (χ4n) is 0.0713. The summed E-state index contributed by atoms with van der Waals surface area (Å²) < 4.78 is 13.4. The number of rotatable bonds is 2. The first kappa shape index (κ1) is 5.73. The SMILES string of the molecule is C=CO[PH](=O)O. The first-order valence-corrected chi connectivity index (χ1v) is 2.54. The lowest BCUT2D eigenvalue weighted by Crippen LogP contribution is -1.55. The van der Waals surface area contributed by atoms with Gasteiger partial charge >= 0.3 is 8.25 Å². The lowest BCUT2D eigenvalue weighted by molar-refractivity contribution is 0.379. The largest absolute Gasteiger partial charge is 0.435 e. The minimum atomic E-state index is -2.75. The number of hydrogen-bond donors (Lipinski definition) is 1. The molecule has 0 heterocycles. The summed E-state index contributed by atoms with van der Waals surface area (Å²) in [4.78, 5) is 7.81. The molecule has 0 bridgehead atoms. The van der Waals surface area contributed by atoms with Gasteiger partial charge in [-0.1, -0.05) is 6.58 Å². The molecule has 0 aliphatic rings. The van der Waals surface area contributed by atoms with Crippen LogP contribution in [0, 0.1) is 0 Å². The van der Waals surface area contributed by atoms with E-state index >= 15 is 0 Å². The van der Waals surface area contributed by atoms with Crippen LogP contribution in [0.5, 0.6) is 0 Å². The summed E-state index contributed by atoms with van der Waals surface area (Å²) in [5.74, 6) is 0. The lowest BCUT2D eigenvalue weighted by atomic mass is 11.2. The molecule has 1 N–H and O–H groups in total. The second-order valence-corrected chi connectivity index (χ2v) is 1.32. The molecular formula is C2H5O3P. The Morgan fingerprint density at radius 2 is 2.50 bits per heavy atom. The van der Waals surface area contributed by atoms with E-state index in [1.54, 1.807) is 0 Å². The molecule has 3 nitrogen and oxygen atoms in total. The fraction of sp³-hybridized carbons (Fsp3) is 0. The Bertz CT molecular complexity index is 69.2. The zero-order valence-electron chi connectivity index (χ0n) is 3.05. The van der Waals surface area contributed by atoms with Crippen LogP contribution >= 0.6 is 8.25 Å². The minimum Gasteiger partial charge on any atom is -0.435 e. The van der Waals surface area contributed by atoms with Crippen LogP contribution in [0.4, 0.5) is 0 Å². The highest BCUT2D eigenvalue weighted by atomic mass is 31.1. The minimum absolute atomic E-state index is 0.932. The van der Waals surface area contributed by atoms with E-state index in [4.69, 9.17) is 4.89 Å². The Morgan fingerprint density at radius 1 is 2.00 bits per heavy atom. The van der Waals surface area contributed by atoms with Crippen LogP contribution in [0.25, 0.3) is 0 Å². The van der Waals surface area contributed by atoms with Crippen molar-refractivity contribution in [2.75, 3.05) is 0 Å². The van der Waals surface area contributed by atoms with Gasteiger partial charge in [-0.25, -0.2) is 4.57 Å². The third-order valence-electron chi connectivity index (χ3n) is 0.184. The van der Waals surface area contributed by atoms with Gasteiger partial charge in [0.1, 0.15) is 0 Å². The molecule has 0 amide bonds. The molecule has 0 saturated carbocycles. The Balaban J connectivity index is 3.05. The van der Waals surface area contributed by atoms with Crippen LogP contribution in [0.15, 0.2) is 12.8 Å². The highest BCUT2D eigenvalue weighted by Crippen LogP contribution is 2.12. The molecule has 0 rings (SSSR count). The van der Waals surface area contributed by atoms with Crippen molar-refractivity contribution in [2.24, 2.45) is 0 Å². The summed E-state index contributed by atoms with van der Waals surface area (Å²) >= 11 is 0. The lowest BCUT2D eigenvalue weighted by Gasteiger charge is -1.84. The molecule has 0 aliphatic carbocycles. The Hall–Kier alpha value is -0.270. The van der Waals surface area contributed by atoms with E-state index in [9.17, 15) is 4.57 Å². The highest BCUT2D eigenvalue weighted by Gasteiger charge is 1.77. The summed E-state index contributed by atoms with van der Waals surface area (Å²) in [6.45, 7) is 3.04. The molecule has 1 unspecified atom stereocenters. The Kier molecular flexibility index (Phi) is 2.81. The zero-order valence-corrected chi connectivity index (χ0v) is 4.05. The maximum atomic E-state index is 9.49. The average Bonchev–Trinajstić information content (AvgIpc) is 1.35. The second kappa shape index (κ2) is 2.94. The monoisotopic (exact) mass is 108 g/mol. The van der Waals surface area contributed by atoms with E-state index < -0.39 is 8.25 Å². The molecule has 0 radical (unpaired) electrons. The van der Waals surface area contributed by atoms with Crippen LogP contribution < -0.4 is 0 Å². The molecule has 0 spiro atoms. The van der Waals surface area contributed by atoms with Crippen molar-refractivity contribution >= 4 is 8.25 Å². The van der Waals surface area contributed by atoms with Crippen molar-refractivity contribution in [3.05, 3.63) is 12.8 Å². The first-order chi connectivity index (χ1) is 2.77. The Labute approximate surface area is 36.2 Å². The average molecular weight is 108 g/mol. The van der Waals surface area contributed by atoms with Gasteiger partial charge in [-0.3, -0.25) is 0 Å². The van der Waals surface area contributed by atoms with E-state index in [1.165, 1.54) is 0 Å². The van der Waals surface area contributed by atoms with Crippen LogP contribution in [-0.2, 0) is 9.09 Å². The van der Waals surface area contributed by atoms with E-state index in [0.717, 1.165) is 6.26 Å². The highest BCUT2D eigenvalue weighted by molar-refractivity contribution is 7.32. The third-order valence-corrected chi connectivity index (χ3v) is 0.552. The molecule has 0 aliphatic heterocycles. The summed E-state index contributed by atoms with van der Waals surface area (Å²) in [5.41, 5.74) is 0. The number of hydrogen-bond acceptors (Lipinski definition) is 2. The van der Waals surface area contributed by atoms with Crippen LogP contribution in [0.2, 0.25) is 0 Å². The first-order valence-electron chi connectivity index (χ1n) is 1.28. The van der Waals surface area contributed by atoms with Gasteiger partial charge in [0.2, 0.25) is 0 Å². The molecule has 0 aromatic carbocycles.